The first-order chi connectivity index (χ1) is 6.58. The van der Waals surface area contributed by atoms with Gasteiger partial charge in [-0.05, 0) is 19.3 Å². The molecule has 0 saturated carbocycles. The largest absolute Gasteiger partial charge is 0.308 e. The molecule has 4 heteroatoms. The summed E-state index contributed by atoms with van der Waals surface area (Å²) in [5.41, 5.74) is 0. The lowest BCUT2D eigenvalue weighted by Gasteiger charge is -2.14. The quantitative estimate of drug-likeness (QED) is 0.843. The second kappa shape index (κ2) is 5.69. The molecule has 0 fully saturated rings. The van der Waals surface area contributed by atoms with E-state index in [2.05, 4.69) is 31.1 Å². The smallest absolute Gasteiger partial charge is 0.113 e. The second-order valence-electron chi connectivity index (χ2n) is 3.97. The minimum Gasteiger partial charge on any atom is -0.308 e. The van der Waals surface area contributed by atoms with Gasteiger partial charge in [0.25, 0.3) is 0 Å². The van der Waals surface area contributed by atoms with Crippen LogP contribution < -0.4 is 5.32 Å². The number of thiazole rings is 1. The topological polar surface area (TPSA) is 24.9 Å². The highest BCUT2D eigenvalue weighted by molar-refractivity contribution is 7.15. The van der Waals surface area contributed by atoms with Gasteiger partial charge in [0.15, 0.2) is 0 Å². The first-order valence-corrected chi connectivity index (χ1v) is 6.11. The van der Waals surface area contributed by atoms with Crippen molar-refractivity contribution in [2.75, 3.05) is 0 Å². The standard InChI is InChI=1S/C10H17ClN2S/c1-7(2)4-8(3)12-6-10-13-5-9(11)14-10/h5,7-8,12H,4,6H2,1-3H3. The Bertz CT molecular complexity index is 273. The molecule has 0 aliphatic rings. The van der Waals surface area contributed by atoms with E-state index in [-0.39, 0.29) is 0 Å². The summed E-state index contributed by atoms with van der Waals surface area (Å²) < 4.78 is 0.762. The fourth-order valence-corrected chi connectivity index (χ4v) is 2.33. The molecule has 0 spiro atoms. The van der Waals surface area contributed by atoms with E-state index in [1.807, 2.05) is 0 Å². The van der Waals surface area contributed by atoms with Crippen LogP contribution in [-0.2, 0) is 6.54 Å². The third-order valence-electron chi connectivity index (χ3n) is 1.95. The summed E-state index contributed by atoms with van der Waals surface area (Å²) in [7, 11) is 0. The van der Waals surface area contributed by atoms with Crippen molar-refractivity contribution >= 4 is 22.9 Å². The third-order valence-corrected chi connectivity index (χ3v) is 3.07. The molecule has 1 N–H and O–H groups in total. The normalized spacial score (nSPS) is 13.5. The van der Waals surface area contributed by atoms with Crippen molar-refractivity contribution in [1.29, 1.82) is 0 Å². The molecule has 0 bridgehead atoms. The lowest BCUT2D eigenvalue weighted by Crippen LogP contribution is -2.26. The molecule has 1 aromatic heterocycles. The van der Waals surface area contributed by atoms with Gasteiger partial charge >= 0.3 is 0 Å². The van der Waals surface area contributed by atoms with E-state index in [0.29, 0.717) is 6.04 Å². The summed E-state index contributed by atoms with van der Waals surface area (Å²) in [5, 5.41) is 4.49. The van der Waals surface area contributed by atoms with Crippen LogP contribution in [0.25, 0.3) is 0 Å². The summed E-state index contributed by atoms with van der Waals surface area (Å²) in [6, 6.07) is 0.540. The van der Waals surface area contributed by atoms with Gasteiger partial charge in [-0.1, -0.05) is 25.4 Å². The van der Waals surface area contributed by atoms with Gasteiger partial charge in [0.05, 0.1) is 6.20 Å². The monoisotopic (exact) mass is 232 g/mol. The molecule has 14 heavy (non-hydrogen) atoms. The maximum Gasteiger partial charge on any atom is 0.113 e. The predicted octanol–water partition coefficient (Wildman–Crippen LogP) is 3.32. The molecule has 1 atom stereocenters. The van der Waals surface area contributed by atoms with Crippen molar-refractivity contribution in [1.82, 2.24) is 10.3 Å². The number of nitrogens with zero attached hydrogens (tertiary/aromatic N) is 1. The molecule has 80 valence electrons. The zero-order chi connectivity index (χ0) is 10.6. The molecule has 1 heterocycles. The third kappa shape index (κ3) is 4.40. The van der Waals surface area contributed by atoms with Gasteiger partial charge in [0, 0.05) is 12.6 Å². The van der Waals surface area contributed by atoms with E-state index < -0.39 is 0 Å². The van der Waals surface area contributed by atoms with Crippen LogP contribution in [-0.4, -0.2) is 11.0 Å². The van der Waals surface area contributed by atoms with Gasteiger partial charge in [0.1, 0.15) is 9.34 Å². The SMILES string of the molecule is CC(C)CC(C)NCc1ncc(Cl)s1. The Hall–Kier alpha value is -0.120. The van der Waals surface area contributed by atoms with Gasteiger partial charge in [-0.3, -0.25) is 0 Å². The van der Waals surface area contributed by atoms with E-state index in [4.69, 9.17) is 11.6 Å². The molecule has 1 rings (SSSR count). The summed E-state index contributed by atoms with van der Waals surface area (Å²) in [6.45, 7) is 7.50. The van der Waals surface area contributed by atoms with Gasteiger partial charge in [0.2, 0.25) is 0 Å². The Morgan fingerprint density at radius 2 is 2.21 bits per heavy atom. The lowest BCUT2D eigenvalue weighted by molar-refractivity contribution is 0.441. The van der Waals surface area contributed by atoms with Gasteiger partial charge in [-0.15, -0.1) is 11.3 Å². The minimum absolute atomic E-state index is 0.540. The fourth-order valence-electron chi connectivity index (χ4n) is 1.42. The fraction of sp³-hybridized carbons (Fsp3) is 0.700. The van der Waals surface area contributed by atoms with Crippen molar-refractivity contribution in [2.24, 2.45) is 5.92 Å². The molecule has 0 radical (unpaired) electrons. The van der Waals surface area contributed by atoms with Crippen molar-refractivity contribution in [2.45, 2.75) is 39.8 Å². The van der Waals surface area contributed by atoms with Crippen molar-refractivity contribution in [3.63, 3.8) is 0 Å². The number of nitrogens with one attached hydrogen (secondary N) is 1. The van der Waals surface area contributed by atoms with Gasteiger partial charge in [-0.25, -0.2) is 4.98 Å². The number of rotatable bonds is 5. The molecule has 1 unspecified atom stereocenters. The Labute approximate surface area is 94.7 Å². The first-order valence-electron chi connectivity index (χ1n) is 4.91. The summed E-state index contributed by atoms with van der Waals surface area (Å²) >= 11 is 7.33. The lowest BCUT2D eigenvalue weighted by atomic mass is 10.1. The number of halogens is 1. The molecule has 0 aromatic carbocycles. The predicted molar refractivity (Wildman–Crippen MR) is 62.9 cm³/mol. The van der Waals surface area contributed by atoms with E-state index in [0.717, 1.165) is 21.8 Å². The minimum atomic E-state index is 0.540. The molecule has 0 saturated heterocycles. The average Bonchev–Trinajstić information content (AvgIpc) is 2.47. The highest BCUT2D eigenvalue weighted by atomic mass is 35.5. The van der Waals surface area contributed by atoms with Gasteiger partial charge in [-0.2, -0.15) is 0 Å². The molecule has 1 aromatic rings. The average molecular weight is 233 g/mol. The maximum absolute atomic E-state index is 5.79. The van der Waals surface area contributed by atoms with Crippen LogP contribution in [0.1, 0.15) is 32.2 Å². The van der Waals surface area contributed by atoms with E-state index in [9.17, 15) is 0 Å². The van der Waals surface area contributed by atoms with Gasteiger partial charge < -0.3 is 5.32 Å². The summed E-state index contributed by atoms with van der Waals surface area (Å²) in [5.74, 6) is 0.734. The molecule has 0 amide bonds. The summed E-state index contributed by atoms with van der Waals surface area (Å²) in [4.78, 5) is 4.19. The first kappa shape index (κ1) is 12.0. The zero-order valence-corrected chi connectivity index (χ0v) is 10.5. The van der Waals surface area contributed by atoms with E-state index in [1.54, 1.807) is 17.5 Å². The maximum atomic E-state index is 5.79. The van der Waals surface area contributed by atoms with Crippen molar-refractivity contribution in [3.8, 4) is 0 Å². The Morgan fingerprint density at radius 1 is 1.50 bits per heavy atom. The highest BCUT2D eigenvalue weighted by Gasteiger charge is 2.05. The Kier molecular flexibility index (Phi) is 4.85. The van der Waals surface area contributed by atoms with E-state index in [1.165, 1.54) is 6.42 Å². The Morgan fingerprint density at radius 3 is 2.71 bits per heavy atom. The summed E-state index contributed by atoms with van der Waals surface area (Å²) in [6.07, 6.45) is 2.90. The number of hydrogen-bond acceptors (Lipinski definition) is 3. The Balaban J connectivity index is 2.26. The molecular formula is C10H17ClN2S. The van der Waals surface area contributed by atoms with Crippen LogP contribution in [0.2, 0.25) is 4.34 Å². The van der Waals surface area contributed by atoms with Crippen LogP contribution in [0.4, 0.5) is 0 Å². The van der Waals surface area contributed by atoms with Crippen LogP contribution in [0.5, 0.6) is 0 Å². The molecular weight excluding hydrogens is 216 g/mol. The number of hydrogen-bond donors (Lipinski definition) is 1. The van der Waals surface area contributed by atoms with Crippen LogP contribution in [0, 0.1) is 5.92 Å². The van der Waals surface area contributed by atoms with E-state index >= 15 is 0 Å². The van der Waals surface area contributed by atoms with Crippen LogP contribution in [0.15, 0.2) is 6.20 Å². The van der Waals surface area contributed by atoms with Crippen molar-refractivity contribution in [3.05, 3.63) is 15.5 Å². The molecule has 2 nitrogen and oxygen atoms in total. The van der Waals surface area contributed by atoms with Crippen LogP contribution in [0.3, 0.4) is 0 Å². The molecule has 0 aliphatic heterocycles. The van der Waals surface area contributed by atoms with Crippen molar-refractivity contribution < 1.29 is 0 Å². The number of aromatic nitrogens is 1. The zero-order valence-electron chi connectivity index (χ0n) is 8.88. The second-order valence-corrected chi connectivity index (χ2v) is 5.72. The van der Waals surface area contributed by atoms with Crippen LogP contribution >= 0.6 is 22.9 Å². The molecule has 0 aliphatic carbocycles. The highest BCUT2D eigenvalue weighted by Crippen LogP contribution is 2.18.